The molecule has 0 aliphatic carbocycles. The normalized spacial score (nSPS) is 11.6. The van der Waals surface area contributed by atoms with Crippen LogP contribution in [0.3, 0.4) is 0 Å². The monoisotopic (exact) mass is 751 g/mol. The van der Waals surface area contributed by atoms with Crippen molar-refractivity contribution in [1.29, 1.82) is 0 Å². The van der Waals surface area contributed by atoms with Crippen LogP contribution in [0, 0.1) is 0 Å². The Balaban J connectivity index is 1.05. The topological polar surface area (TPSA) is 64.5 Å². The molecule has 0 saturated carbocycles. The zero-order chi connectivity index (χ0) is 37.0. The average molecular weight is 752 g/mol. The maximum absolute atomic E-state index is 5.24. The molecule has 0 saturated heterocycles. The van der Waals surface area contributed by atoms with Crippen molar-refractivity contribution in [1.82, 2.24) is 24.9 Å². The molecule has 0 aliphatic rings. The summed E-state index contributed by atoms with van der Waals surface area (Å²) in [5, 5.41) is 3.49. The Morgan fingerprint density at radius 3 is 1.59 bits per heavy atom. The van der Waals surface area contributed by atoms with Crippen molar-refractivity contribution in [2.75, 3.05) is 0 Å². The molecule has 0 atom stereocenters. The predicted octanol–water partition coefficient (Wildman–Crippen LogP) is 13.4. The van der Waals surface area contributed by atoms with Gasteiger partial charge in [0.15, 0.2) is 23.3 Å². The molecule has 7 aromatic carbocycles. The van der Waals surface area contributed by atoms with Crippen LogP contribution in [0.2, 0.25) is 0 Å². The molecule has 0 spiro atoms. The highest BCUT2D eigenvalue weighted by atomic mass is 32.1. The smallest absolute Gasteiger partial charge is 0.165 e. The standard InChI is InChI=1S/C49H29N5S2/c1-4-13-30(14-5-1)31-23-25-34(26-24-31)47-52-46(33-17-8-3-9-18-33)53-49(54-47)39-21-12-20-37-36-28-27-35(29-41(36)56-44(37)39)48-50-42(32-15-6-2-7-16-32)45-43(51-48)38-19-10-11-22-40(38)55-45/h1-29H. The molecule has 11 rings (SSSR count). The summed E-state index contributed by atoms with van der Waals surface area (Å²) in [7, 11) is 0. The van der Waals surface area contributed by atoms with Gasteiger partial charge < -0.3 is 0 Å². The number of hydrogen-bond donors (Lipinski definition) is 0. The lowest BCUT2D eigenvalue weighted by molar-refractivity contribution is 1.08. The lowest BCUT2D eigenvalue weighted by atomic mass is 10.0. The van der Waals surface area contributed by atoms with Gasteiger partial charge in [-0.05, 0) is 29.3 Å². The third-order valence-electron chi connectivity index (χ3n) is 10.2. The summed E-state index contributed by atoms with van der Waals surface area (Å²) in [6, 6.07) is 60.9. The molecule has 56 heavy (non-hydrogen) atoms. The van der Waals surface area contributed by atoms with Crippen LogP contribution in [0.5, 0.6) is 0 Å². The number of nitrogens with zero attached hydrogens (tertiary/aromatic N) is 5. The van der Waals surface area contributed by atoms with E-state index in [1.807, 2.05) is 42.5 Å². The summed E-state index contributed by atoms with van der Waals surface area (Å²) in [6.07, 6.45) is 0. The lowest BCUT2D eigenvalue weighted by Gasteiger charge is -2.10. The van der Waals surface area contributed by atoms with Crippen LogP contribution in [0.4, 0.5) is 0 Å². The van der Waals surface area contributed by atoms with Crippen molar-refractivity contribution < 1.29 is 0 Å². The fourth-order valence-electron chi connectivity index (χ4n) is 7.41. The molecule has 7 heteroatoms. The molecular formula is C49H29N5S2. The van der Waals surface area contributed by atoms with Gasteiger partial charge in [0.1, 0.15) is 0 Å². The maximum atomic E-state index is 5.24. The van der Waals surface area contributed by atoms with Crippen molar-refractivity contribution in [3.8, 4) is 67.9 Å². The van der Waals surface area contributed by atoms with Crippen LogP contribution in [0.25, 0.3) is 108 Å². The highest BCUT2D eigenvalue weighted by Crippen LogP contribution is 2.43. The van der Waals surface area contributed by atoms with Crippen molar-refractivity contribution in [2.45, 2.75) is 0 Å². The zero-order valence-electron chi connectivity index (χ0n) is 29.8. The van der Waals surface area contributed by atoms with Gasteiger partial charge in [-0.25, -0.2) is 24.9 Å². The summed E-state index contributed by atoms with van der Waals surface area (Å²) < 4.78 is 4.59. The SMILES string of the molecule is c1ccc(-c2ccc(-c3nc(-c4ccccc4)nc(-c4cccc5c4sc4cc(-c6nc(-c7ccccc7)c7sc8ccccc8c7n6)ccc45)n3)cc2)cc1. The summed E-state index contributed by atoms with van der Waals surface area (Å²) in [5.41, 5.74) is 9.17. The molecule has 0 radical (unpaired) electrons. The fraction of sp³-hybridized carbons (Fsp3) is 0. The maximum Gasteiger partial charge on any atom is 0.165 e. The summed E-state index contributed by atoms with van der Waals surface area (Å²) in [4.78, 5) is 25.7. The molecule has 0 aliphatic heterocycles. The van der Waals surface area contributed by atoms with Crippen LogP contribution in [-0.4, -0.2) is 24.9 Å². The first kappa shape index (κ1) is 32.5. The molecule has 0 unspecified atom stereocenters. The minimum atomic E-state index is 0.636. The molecule has 0 amide bonds. The highest BCUT2D eigenvalue weighted by molar-refractivity contribution is 7.26. The van der Waals surface area contributed by atoms with E-state index in [4.69, 9.17) is 24.9 Å². The van der Waals surface area contributed by atoms with Gasteiger partial charge in [-0.2, -0.15) is 0 Å². The van der Waals surface area contributed by atoms with Crippen LogP contribution < -0.4 is 0 Å². The second-order valence-corrected chi connectivity index (χ2v) is 15.8. The van der Waals surface area contributed by atoms with Gasteiger partial charge in [-0.1, -0.05) is 158 Å². The van der Waals surface area contributed by atoms with Gasteiger partial charge in [0.05, 0.1) is 15.9 Å². The van der Waals surface area contributed by atoms with Gasteiger partial charge in [0.25, 0.3) is 0 Å². The predicted molar refractivity (Wildman–Crippen MR) is 234 cm³/mol. The quantitative estimate of drug-likeness (QED) is 0.169. The van der Waals surface area contributed by atoms with E-state index in [1.165, 1.54) is 15.6 Å². The number of rotatable bonds is 6. The third kappa shape index (κ3) is 5.64. The Hall–Kier alpha value is -6.93. The van der Waals surface area contributed by atoms with Crippen LogP contribution in [-0.2, 0) is 0 Å². The summed E-state index contributed by atoms with van der Waals surface area (Å²) in [6.45, 7) is 0. The first-order valence-corrected chi connectivity index (χ1v) is 20.0. The Kier molecular flexibility index (Phi) is 7.79. The molecule has 0 bridgehead atoms. The molecule has 11 aromatic rings. The minimum Gasteiger partial charge on any atom is -0.226 e. The average Bonchev–Trinajstić information content (AvgIpc) is 3.85. The highest BCUT2D eigenvalue weighted by Gasteiger charge is 2.19. The van der Waals surface area contributed by atoms with Gasteiger partial charge in [-0.15, -0.1) is 22.7 Å². The van der Waals surface area contributed by atoms with Gasteiger partial charge in [0, 0.05) is 58.1 Å². The molecule has 262 valence electrons. The molecule has 4 heterocycles. The number of benzene rings is 7. The summed E-state index contributed by atoms with van der Waals surface area (Å²) in [5.74, 6) is 2.63. The lowest BCUT2D eigenvalue weighted by Crippen LogP contribution is -2.00. The van der Waals surface area contributed by atoms with Crippen LogP contribution in [0.15, 0.2) is 176 Å². The second-order valence-electron chi connectivity index (χ2n) is 13.6. The van der Waals surface area contributed by atoms with Crippen LogP contribution >= 0.6 is 22.7 Å². The fourth-order valence-corrected chi connectivity index (χ4v) is 9.81. The molecular weight excluding hydrogens is 723 g/mol. The van der Waals surface area contributed by atoms with E-state index in [2.05, 4.69) is 133 Å². The minimum absolute atomic E-state index is 0.636. The second kappa shape index (κ2) is 13.4. The molecule has 4 aromatic heterocycles. The Morgan fingerprint density at radius 1 is 0.304 bits per heavy atom. The number of aromatic nitrogens is 5. The first-order chi connectivity index (χ1) is 27.7. The Morgan fingerprint density at radius 2 is 0.839 bits per heavy atom. The number of fused-ring (bicyclic) bond motifs is 6. The van der Waals surface area contributed by atoms with Crippen molar-refractivity contribution in [2.24, 2.45) is 0 Å². The number of hydrogen-bond acceptors (Lipinski definition) is 7. The Bertz CT molecular complexity index is 3230. The molecule has 0 fully saturated rings. The number of thiophene rings is 2. The Labute approximate surface area is 330 Å². The summed E-state index contributed by atoms with van der Waals surface area (Å²) >= 11 is 3.50. The molecule has 0 N–H and O–H groups in total. The largest absolute Gasteiger partial charge is 0.226 e. The van der Waals surface area contributed by atoms with Gasteiger partial charge >= 0.3 is 0 Å². The van der Waals surface area contributed by atoms with Crippen LogP contribution in [0.1, 0.15) is 0 Å². The van der Waals surface area contributed by atoms with E-state index in [0.717, 1.165) is 69.5 Å². The third-order valence-corrected chi connectivity index (χ3v) is 12.6. The van der Waals surface area contributed by atoms with E-state index in [-0.39, 0.29) is 0 Å². The van der Waals surface area contributed by atoms with E-state index in [1.54, 1.807) is 22.7 Å². The van der Waals surface area contributed by atoms with E-state index >= 15 is 0 Å². The van der Waals surface area contributed by atoms with Crippen molar-refractivity contribution in [3.63, 3.8) is 0 Å². The van der Waals surface area contributed by atoms with E-state index < -0.39 is 0 Å². The van der Waals surface area contributed by atoms with E-state index in [0.29, 0.717) is 23.3 Å². The van der Waals surface area contributed by atoms with Crippen molar-refractivity contribution in [3.05, 3.63) is 176 Å². The first-order valence-electron chi connectivity index (χ1n) is 18.4. The zero-order valence-corrected chi connectivity index (χ0v) is 31.4. The van der Waals surface area contributed by atoms with Gasteiger partial charge in [0.2, 0.25) is 0 Å². The molecule has 5 nitrogen and oxygen atoms in total. The van der Waals surface area contributed by atoms with E-state index in [9.17, 15) is 0 Å². The van der Waals surface area contributed by atoms with Gasteiger partial charge in [-0.3, -0.25) is 0 Å². The van der Waals surface area contributed by atoms with Crippen molar-refractivity contribution >= 4 is 63.1 Å².